The van der Waals surface area contributed by atoms with Crippen molar-refractivity contribution in [2.75, 3.05) is 23.3 Å². The van der Waals surface area contributed by atoms with Gasteiger partial charge in [-0.2, -0.15) is 0 Å². The molecule has 1 heterocycles. The Morgan fingerprint density at radius 3 is 2.52 bits per heavy atom. The Hall–Kier alpha value is -2.40. The highest BCUT2D eigenvalue weighted by Gasteiger charge is 2.26. The van der Waals surface area contributed by atoms with Crippen LogP contribution in [0.5, 0.6) is 0 Å². The zero-order valence-electron chi connectivity index (χ0n) is 14.3. The lowest BCUT2D eigenvalue weighted by atomic mass is 9.92. The summed E-state index contributed by atoms with van der Waals surface area (Å²) in [5.41, 5.74) is 0.362. The molecule has 1 unspecified atom stereocenters. The molecule has 1 fully saturated rings. The molecular formula is C20H23FN2O2. The van der Waals surface area contributed by atoms with E-state index in [2.05, 4.69) is 5.32 Å². The molecule has 5 heteroatoms. The molecular weight excluding hydrogens is 319 g/mol. The van der Waals surface area contributed by atoms with Crippen molar-refractivity contribution in [2.24, 2.45) is 0 Å². The minimum atomic E-state index is -1.28. The van der Waals surface area contributed by atoms with Crippen LogP contribution in [0.3, 0.4) is 0 Å². The van der Waals surface area contributed by atoms with Crippen LogP contribution in [-0.4, -0.2) is 24.1 Å². The first-order valence-electron chi connectivity index (χ1n) is 8.58. The second-order valence-corrected chi connectivity index (χ2v) is 6.73. The first-order chi connectivity index (χ1) is 12.0. The second kappa shape index (κ2) is 7.23. The van der Waals surface area contributed by atoms with Crippen LogP contribution in [0.1, 0.15) is 31.7 Å². The van der Waals surface area contributed by atoms with Crippen molar-refractivity contribution in [3.8, 4) is 0 Å². The van der Waals surface area contributed by atoms with E-state index in [0.717, 1.165) is 25.9 Å². The summed E-state index contributed by atoms with van der Waals surface area (Å²) in [4.78, 5) is 14.3. The number of halogens is 1. The molecule has 2 aromatic carbocycles. The van der Waals surface area contributed by atoms with Crippen molar-refractivity contribution in [3.63, 3.8) is 0 Å². The number of nitrogens with zero attached hydrogens (tertiary/aromatic N) is 1. The summed E-state index contributed by atoms with van der Waals surface area (Å²) in [7, 11) is 0. The molecule has 3 rings (SSSR count). The molecule has 0 aliphatic carbocycles. The number of amides is 1. The van der Waals surface area contributed by atoms with Crippen LogP contribution in [0.2, 0.25) is 0 Å². The fourth-order valence-electron chi connectivity index (χ4n) is 3.22. The minimum absolute atomic E-state index is 0.105. The Kier molecular flexibility index (Phi) is 5.04. The number of aliphatic hydroxyl groups is 1. The number of carbonyl (C=O) groups is 1. The summed E-state index contributed by atoms with van der Waals surface area (Å²) in [5.74, 6) is -0.698. The molecule has 0 spiro atoms. The molecule has 4 nitrogen and oxygen atoms in total. The average Bonchev–Trinajstić information content (AvgIpc) is 3.09. The van der Waals surface area contributed by atoms with Crippen molar-refractivity contribution in [3.05, 3.63) is 59.9 Å². The van der Waals surface area contributed by atoms with Gasteiger partial charge in [0.1, 0.15) is 5.82 Å². The molecule has 132 valence electrons. The lowest BCUT2D eigenvalue weighted by molar-refractivity contribution is -0.120. The molecule has 0 bridgehead atoms. The SMILES string of the molecule is CC(O)(CC(=O)Nc1ccc(N2CCCC2)c(F)c1)c1ccccc1. The van der Waals surface area contributed by atoms with Gasteiger partial charge in [0.05, 0.1) is 17.7 Å². The predicted octanol–water partition coefficient (Wildman–Crippen LogP) is 3.66. The molecule has 1 saturated heterocycles. The molecule has 2 aromatic rings. The molecule has 25 heavy (non-hydrogen) atoms. The van der Waals surface area contributed by atoms with E-state index in [1.165, 1.54) is 6.07 Å². The molecule has 0 aromatic heterocycles. The maximum atomic E-state index is 14.3. The maximum absolute atomic E-state index is 14.3. The van der Waals surface area contributed by atoms with Gasteiger partial charge in [0.15, 0.2) is 0 Å². The van der Waals surface area contributed by atoms with Crippen LogP contribution < -0.4 is 10.2 Å². The Morgan fingerprint density at radius 1 is 1.20 bits per heavy atom. The summed E-state index contributed by atoms with van der Waals surface area (Å²) in [5, 5.41) is 13.2. The van der Waals surface area contributed by atoms with Gasteiger partial charge in [-0.1, -0.05) is 30.3 Å². The van der Waals surface area contributed by atoms with Crippen molar-refractivity contribution in [1.29, 1.82) is 0 Å². The van der Waals surface area contributed by atoms with E-state index >= 15 is 0 Å². The van der Waals surface area contributed by atoms with Crippen LogP contribution in [0, 0.1) is 5.82 Å². The van der Waals surface area contributed by atoms with Gasteiger partial charge in [-0.25, -0.2) is 4.39 Å². The first-order valence-corrected chi connectivity index (χ1v) is 8.58. The van der Waals surface area contributed by atoms with E-state index in [1.54, 1.807) is 31.2 Å². The van der Waals surface area contributed by atoms with Crippen LogP contribution in [-0.2, 0) is 10.4 Å². The molecule has 2 N–H and O–H groups in total. The van der Waals surface area contributed by atoms with Gasteiger partial charge in [0.2, 0.25) is 5.91 Å². The number of hydrogen-bond donors (Lipinski definition) is 2. The third-order valence-corrected chi connectivity index (χ3v) is 4.58. The van der Waals surface area contributed by atoms with Crippen LogP contribution in [0.25, 0.3) is 0 Å². The van der Waals surface area contributed by atoms with Crippen LogP contribution in [0.15, 0.2) is 48.5 Å². The number of nitrogens with one attached hydrogen (secondary N) is 1. The largest absolute Gasteiger partial charge is 0.385 e. The second-order valence-electron chi connectivity index (χ2n) is 6.73. The lowest BCUT2D eigenvalue weighted by Crippen LogP contribution is -2.28. The van der Waals surface area contributed by atoms with Gasteiger partial charge in [0, 0.05) is 18.8 Å². The van der Waals surface area contributed by atoms with Gasteiger partial charge in [-0.3, -0.25) is 4.79 Å². The molecule has 1 aliphatic heterocycles. The summed E-state index contributed by atoms with van der Waals surface area (Å²) in [6.45, 7) is 3.32. The van der Waals surface area contributed by atoms with Gasteiger partial charge < -0.3 is 15.3 Å². The molecule has 1 amide bonds. The first kappa shape index (κ1) is 17.4. The monoisotopic (exact) mass is 342 g/mol. The number of rotatable bonds is 5. The zero-order chi connectivity index (χ0) is 17.9. The Labute approximate surface area is 147 Å². The summed E-state index contributed by atoms with van der Waals surface area (Å²) in [6, 6.07) is 13.8. The highest BCUT2D eigenvalue weighted by Crippen LogP contribution is 2.27. The van der Waals surface area contributed by atoms with Crippen LogP contribution >= 0.6 is 0 Å². The molecule has 1 atom stereocenters. The molecule has 0 saturated carbocycles. The normalized spacial score (nSPS) is 16.5. The molecule has 1 aliphatic rings. The van der Waals surface area contributed by atoms with Crippen molar-refractivity contribution in [1.82, 2.24) is 0 Å². The lowest BCUT2D eigenvalue weighted by Gasteiger charge is -2.23. The van der Waals surface area contributed by atoms with Gasteiger partial charge in [0.25, 0.3) is 0 Å². The van der Waals surface area contributed by atoms with E-state index in [1.807, 2.05) is 23.1 Å². The highest BCUT2D eigenvalue weighted by molar-refractivity contribution is 5.91. The Morgan fingerprint density at radius 2 is 1.88 bits per heavy atom. The maximum Gasteiger partial charge on any atom is 0.227 e. The van der Waals surface area contributed by atoms with Crippen molar-refractivity contribution in [2.45, 2.75) is 31.8 Å². The van der Waals surface area contributed by atoms with E-state index < -0.39 is 5.60 Å². The summed E-state index contributed by atoms with van der Waals surface area (Å²) < 4.78 is 14.3. The number of benzene rings is 2. The van der Waals surface area contributed by atoms with Crippen molar-refractivity contribution < 1.29 is 14.3 Å². The van der Waals surface area contributed by atoms with Crippen LogP contribution in [0.4, 0.5) is 15.8 Å². The Balaban J connectivity index is 1.65. The summed E-state index contributed by atoms with van der Waals surface area (Å²) >= 11 is 0. The fourth-order valence-corrected chi connectivity index (χ4v) is 3.22. The fraction of sp³-hybridized carbons (Fsp3) is 0.350. The number of hydrogen-bond acceptors (Lipinski definition) is 3. The highest BCUT2D eigenvalue weighted by atomic mass is 19.1. The van der Waals surface area contributed by atoms with E-state index in [9.17, 15) is 14.3 Å². The van der Waals surface area contributed by atoms with E-state index in [-0.39, 0.29) is 18.1 Å². The smallest absolute Gasteiger partial charge is 0.227 e. The van der Waals surface area contributed by atoms with Gasteiger partial charge >= 0.3 is 0 Å². The third-order valence-electron chi connectivity index (χ3n) is 4.58. The van der Waals surface area contributed by atoms with Gasteiger partial charge in [-0.15, -0.1) is 0 Å². The Bertz CT molecular complexity index is 741. The zero-order valence-corrected chi connectivity index (χ0v) is 14.3. The summed E-state index contributed by atoms with van der Waals surface area (Å²) in [6.07, 6.45) is 2.05. The third kappa shape index (κ3) is 4.17. The molecule has 0 radical (unpaired) electrons. The van der Waals surface area contributed by atoms with E-state index in [0.29, 0.717) is 16.9 Å². The number of anilines is 2. The minimum Gasteiger partial charge on any atom is -0.385 e. The topological polar surface area (TPSA) is 52.6 Å². The van der Waals surface area contributed by atoms with E-state index in [4.69, 9.17) is 0 Å². The quantitative estimate of drug-likeness (QED) is 0.872. The predicted molar refractivity (Wildman–Crippen MR) is 97.1 cm³/mol. The van der Waals surface area contributed by atoms with Gasteiger partial charge in [-0.05, 0) is 43.5 Å². The average molecular weight is 342 g/mol. The van der Waals surface area contributed by atoms with Crippen molar-refractivity contribution >= 4 is 17.3 Å². The standard InChI is InChI=1S/C20H23FN2O2/c1-20(25,15-7-3-2-4-8-15)14-19(24)22-16-9-10-18(17(21)13-16)23-11-5-6-12-23/h2-4,7-10,13,25H,5-6,11-12,14H2,1H3,(H,22,24). The number of carbonyl (C=O) groups excluding carboxylic acids is 1.